The molecule has 1 heterocycles. The van der Waals surface area contributed by atoms with E-state index in [0.717, 1.165) is 23.2 Å². The monoisotopic (exact) mass is 283 g/mol. The summed E-state index contributed by atoms with van der Waals surface area (Å²) in [5.74, 6) is 1.96. The lowest BCUT2D eigenvalue weighted by Gasteiger charge is -2.31. The predicted molar refractivity (Wildman–Crippen MR) is 81.2 cm³/mol. The van der Waals surface area contributed by atoms with Gasteiger partial charge in [0.25, 0.3) is 0 Å². The van der Waals surface area contributed by atoms with Crippen LogP contribution in [-0.2, 0) is 0 Å². The first-order chi connectivity index (χ1) is 10.4. The number of hydrogen-bond acceptors (Lipinski definition) is 4. The maximum atomic E-state index is 4.01. The minimum atomic E-state index is 0.585. The van der Waals surface area contributed by atoms with Crippen LogP contribution in [0.1, 0.15) is 38.5 Å². The fourth-order valence-corrected chi connectivity index (χ4v) is 3.64. The van der Waals surface area contributed by atoms with Gasteiger partial charge in [0.15, 0.2) is 0 Å². The Kier molecular flexibility index (Phi) is 3.33. The molecule has 0 saturated heterocycles. The number of rotatable bonds is 4. The van der Waals surface area contributed by atoms with E-state index in [2.05, 4.69) is 39.0 Å². The quantitative estimate of drug-likeness (QED) is 0.937. The molecule has 2 saturated carbocycles. The molecule has 2 atom stereocenters. The topological polar surface area (TPSA) is 55.6 Å². The van der Waals surface area contributed by atoms with Crippen molar-refractivity contribution >= 4 is 5.69 Å². The molecule has 0 bridgehead atoms. The summed E-state index contributed by atoms with van der Waals surface area (Å²) < 4.78 is 1.73. The zero-order valence-electron chi connectivity index (χ0n) is 12.2. The van der Waals surface area contributed by atoms with E-state index in [1.54, 1.807) is 11.0 Å². The highest BCUT2D eigenvalue weighted by atomic mass is 15.5. The van der Waals surface area contributed by atoms with Crippen LogP contribution < -0.4 is 5.32 Å². The molecule has 1 N–H and O–H groups in total. The van der Waals surface area contributed by atoms with Crippen LogP contribution in [0.15, 0.2) is 30.6 Å². The van der Waals surface area contributed by atoms with E-state index in [9.17, 15) is 0 Å². The van der Waals surface area contributed by atoms with Crippen LogP contribution in [0.3, 0.4) is 0 Å². The first kappa shape index (κ1) is 12.8. The highest BCUT2D eigenvalue weighted by Crippen LogP contribution is 2.44. The van der Waals surface area contributed by atoms with E-state index in [1.165, 1.54) is 38.5 Å². The van der Waals surface area contributed by atoms with E-state index in [-0.39, 0.29) is 0 Å². The highest BCUT2D eigenvalue weighted by molar-refractivity contribution is 5.60. The molecule has 2 unspecified atom stereocenters. The Bertz CT molecular complexity index is 590. The second-order valence-corrected chi connectivity index (χ2v) is 6.38. The molecule has 0 radical (unpaired) electrons. The third-order valence-electron chi connectivity index (χ3n) is 4.86. The Balaban J connectivity index is 1.51. The van der Waals surface area contributed by atoms with Gasteiger partial charge in [-0.2, -0.15) is 4.68 Å². The van der Waals surface area contributed by atoms with Gasteiger partial charge in [0.05, 0.1) is 11.4 Å². The largest absolute Gasteiger partial charge is 0.381 e. The summed E-state index contributed by atoms with van der Waals surface area (Å²) in [5, 5.41) is 15.2. The molecule has 0 spiro atoms. The molecule has 2 aliphatic rings. The average Bonchev–Trinajstić information content (AvgIpc) is 3.24. The summed E-state index contributed by atoms with van der Waals surface area (Å²) in [7, 11) is 0. The van der Waals surface area contributed by atoms with Gasteiger partial charge in [-0.3, -0.25) is 0 Å². The van der Waals surface area contributed by atoms with Crippen molar-refractivity contribution in [2.24, 2.45) is 11.8 Å². The Morgan fingerprint density at radius 2 is 1.95 bits per heavy atom. The van der Waals surface area contributed by atoms with Gasteiger partial charge < -0.3 is 5.32 Å². The van der Waals surface area contributed by atoms with Gasteiger partial charge in [0.2, 0.25) is 0 Å². The number of para-hydroxylation sites is 2. The molecule has 2 fully saturated rings. The standard InChI is InChI=1S/C16H21N5/c1-2-7-16(21-11-17-19-20-21)15(6-1)18-14-5-3-4-13(10-14)12-8-9-12/h1-2,6-7,11-14,18H,3-5,8-10H2. The maximum absolute atomic E-state index is 4.01. The van der Waals surface area contributed by atoms with Gasteiger partial charge >= 0.3 is 0 Å². The molecule has 110 valence electrons. The molecule has 0 amide bonds. The van der Waals surface area contributed by atoms with Crippen LogP contribution in [0.5, 0.6) is 0 Å². The van der Waals surface area contributed by atoms with Gasteiger partial charge in [-0.15, -0.1) is 5.10 Å². The van der Waals surface area contributed by atoms with E-state index >= 15 is 0 Å². The van der Waals surface area contributed by atoms with Crippen molar-refractivity contribution in [3.05, 3.63) is 30.6 Å². The van der Waals surface area contributed by atoms with Crippen molar-refractivity contribution in [2.75, 3.05) is 5.32 Å². The van der Waals surface area contributed by atoms with E-state index in [4.69, 9.17) is 0 Å². The van der Waals surface area contributed by atoms with E-state index in [0.29, 0.717) is 6.04 Å². The summed E-state index contributed by atoms with van der Waals surface area (Å²) in [6.07, 6.45) is 9.93. The minimum Gasteiger partial charge on any atom is -0.381 e. The molecule has 1 aromatic heterocycles. The van der Waals surface area contributed by atoms with Gasteiger partial charge in [-0.25, -0.2) is 0 Å². The Morgan fingerprint density at radius 1 is 1.05 bits per heavy atom. The fourth-order valence-electron chi connectivity index (χ4n) is 3.64. The van der Waals surface area contributed by atoms with Crippen molar-refractivity contribution in [1.29, 1.82) is 0 Å². The van der Waals surface area contributed by atoms with Crippen LogP contribution in [0.25, 0.3) is 5.69 Å². The van der Waals surface area contributed by atoms with Gasteiger partial charge in [0, 0.05) is 6.04 Å². The molecule has 2 aromatic rings. The first-order valence-electron chi connectivity index (χ1n) is 7.99. The Labute approximate surface area is 124 Å². The summed E-state index contributed by atoms with van der Waals surface area (Å²) in [5.41, 5.74) is 2.15. The minimum absolute atomic E-state index is 0.585. The van der Waals surface area contributed by atoms with Crippen molar-refractivity contribution in [3.8, 4) is 5.69 Å². The summed E-state index contributed by atoms with van der Waals surface area (Å²) in [6.45, 7) is 0. The van der Waals surface area contributed by atoms with Crippen molar-refractivity contribution < 1.29 is 0 Å². The van der Waals surface area contributed by atoms with Crippen LogP contribution >= 0.6 is 0 Å². The molecule has 21 heavy (non-hydrogen) atoms. The smallest absolute Gasteiger partial charge is 0.143 e. The molecular formula is C16H21N5. The van der Waals surface area contributed by atoms with Crippen LogP contribution in [0.2, 0.25) is 0 Å². The molecule has 4 rings (SSSR count). The summed E-state index contributed by atoms with van der Waals surface area (Å²) in [6, 6.07) is 8.85. The first-order valence-corrected chi connectivity index (χ1v) is 7.99. The normalized spacial score (nSPS) is 25.7. The second kappa shape index (κ2) is 5.47. The lowest BCUT2D eigenvalue weighted by atomic mass is 9.82. The maximum Gasteiger partial charge on any atom is 0.143 e. The molecule has 5 heteroatoms. The van der Waals surface area contributed by atoms with Crippen LogP contribution in [0, 0.1) is 11.8 Å². The fraction of sp³-hybridized carbons (Fsp3) is 0.562. The zero-order chi connectivity index (χ0) is 14.1. The van der Waals surface area contributed by atoms with E-state index < -0.39 is 0 Å². The van der Waals surface area contributed by atoms with Gasteiger partial charge in [-0.1, -0.05) is 25.0 Å². The predicted octanol–water partition coefficient (Wildman–Crippen LogP) is 3.04. The third-order valence-corrected chi connectivity index (χ3v) is 4.86. The zero-order valence-corrected chi connectivity index (χ0v) is 12.2. The van der Waals surface area contributed by atoms with Crippen molar-refractivity contribution in [3.63, 3.8) is 0 Å². The highest BCUT2D eigenvalue weighted by Gasteiger charge is 2.34. The lowest BCUT2D eigenvalue weighted by Crippen LogP contribution is -2.28. The summed E-state index contributed by atoms with van der Waals surface area (Å²) in [4.78, 5) is 0. The Hall–Kier alpha value is -1.91. The van der Waals surface area contributed by atoms with Crippen LogP contribution in [0.4, 0.5) is 5.69 Å². The number of aromatic nitrogens is 4. The second-order valence-electron chi connectivity index (χ2n) is 6.38. The molecular weight excluding hydrogens is 262 g/mol. The van der Waals surface area contributed by atoms with E-state index in [1.807, 2.05) is 6.07 Å². The lowest BCUT2D eigenvalue weighted by molar-refractivity contribution is 0.303. The van der Waals surface area contributed by atoms with Crippen molar-refractivity contribution in [1.82, 2.24) is 20.2 Å². The van der Waals surface area contributed by atoms with Crippen LogP contribution in [-0.4, -0.2) is 26.2 Å². The number of benzene rings is 1. The van der Waals surface area contributed by atoms with Gasteiger partial charge in [-0.05, 0) is 60.1 Å². The number of nitrogens with zero attached hydrogens (tertiary/aromatic N) is 4. The molecule has 5 nitrogen and oxygen atoms in total. The Morgan fingerprint density at radius 3 is 2.76 bits per heavy atom. The van der Waals surface area contributed by atoms with Gasteiger partial charge in [0.1, 0.15) is 6.33 Å². The average molecular weight is 283 g/mol. The SMILES string of the molecule is c1ccc(-n2cnnn2)c(NC2CCCC(C3CC3)C2)c1. The number of hydrogen-bond donors (Lipinski definition) is 1. The number of nitrogens with one attached hydrogen (secondary N) is 1. The summed E-state index contributed by atoms with van der Waals surface area (Å²) >= 11 is 0. The number of tetrazole rings is 1. The molecule has 0 aliphatic heterocycles. The number of anilines is 1. The van der Waals surface area contributed by atoms with Crippen molar-refractivity contribution in [2.45, 2.75) is 44.6 Å². The third kappa shape index (κ3) is 2.77. The molecule has 2 aliphatic carbocycles. The molecule has 1 aromatic carbocycles.